The van der Waals surface area contributed by atoms with Crippen molar-refractivity contribution in [2.24, 2.45) is 0 Å². The molecule has 4 aromatic carbocycles. The second kappa shape index (κ2) is 13.0. The number of fused-ring (bicyclic) bond motifs is 2. The number of nitrogens with one attached hydrogen (secondary N) is 1. The van der Waals surface area contributed by atoms with Crippen LogP contribution in [0.5, 0.6) is 23.0 Å². The second-order valence-electron chi connectivity index (χ2n) is 10.3. The van der Waals surface area contributed by atoms with Gasteiger partial charge in [0.1, 0.15) is 0 Å². The summed E-state index contributed by atoms with van der Waals surface area (Å²) in [6.45, 7) is 1.56. The Hall–Kier alpha value is -4.23. The van der Waals surface area contributed by atoms with Crippen molar-refractivity contribution in [2.45, 2.75) is 31.8 Å². The van der Waals surface area contributed by atoms with Crippen LogP contribution in [0.1, 0.15) is 34.7 Å². The Morgan fingerprint density at radius 3 is 2.32 bits per heavy atom. The highest BCUT2D eigenvalue weighted by Gasteiger charge is 2.29. The Kier molecular flexibility index (Phi) is 8.95. The summed E-state index contributed by atoms with van der Waals surface area (Å²) in [7, 11) is 6.60. The molecule has 1 amide bonds. The molecule has 4 aromatic rings. The molecule has 1 unspecified atom stereocenters. The molecule has 7 nitrogen and oxygen atoms in total. The molecule has 41 heavy (non-hydrogen) atoms. The highest BCUT2D eigenvalue weighted by molar-refractivity contribution is 5.86. The van der Waals surface area contributed by atoms with E-state index in [2.05, 4.69) is 52.7 Å². The number of hydrogen-bond donors (Lipinski definition) is 1. The van der Waals surface area contributed by atoms with Gasteiger partial charge in [-0.05, 0) is 83.1 Å². The average molecular weight is 555 g/mol. The molecule has 5 rings (SSSR count). The number of amides is 1. The van der Waals surface area contributed by atoms with Gasteiger partial charge in [-0.1, -0.05) is 48.5 Å². The van der Waals surface area contributed by atoms with Gasteiger partial charge < -0.3 is 24.3 Å². The Morgan fingerprint density at radius 2 is 1.54 bits per heavy atom. The van der Waals surface area contributed by atoms with Gasteiger partial charge in [-0.15, -0.1) is 0 Å². The first-order valence-electron chi connectivity index (χ1n) is 14.0. The number of benzene rings is 4. The molecule has 0 bridgehead atoms. The maximum atomic E-state index is 13.4. The molecule has 0 spiro atoms. The van der Waals surface area contributed by atoms with Crippen molar-refractivity contribution >= 4 is 16.7 Å². The molecular weight excluding hydrogens is 516 g/mol. The van der Waals surface area contributed by atoms with Crippen molar-refractivity contribution in [2.75, 3.05) is 41.5 Å². The molecule has 0 saturated carbocycles. The molecule has 214 valence electrons. The van der Waals surface area contributed by atoms with Crippen LogP contribution in [-0.2, 0) is 24.2 Å². The van der Waals surface area contributed by atoms with Crippen molar-refractivity contribution in [3.8, 4) is 23.0 Å². The van der Waals surface area contributed by atoms with E-state index in [1.807, 2.05) is 30.3 Å². The van der Waals surface area contributed by atoms with Crippen LogP contribution >= 0.6 is 0 Å². The van der Waals surface area contributed by atoms with Gasteiger partial charge in [-0.2, -0.15) is 0 Å². The Labute approximate surface area is 242 Å². The zero-order valence-corrected chi connectivity index (χ0v) is 24.2. The van der Waals surface area contributed by atoms with E-state index in [1.165, 1.54) is 10.9 Å². The molecule has 0 radical (unpaired) electrons. The predicted octanol–water partition coefficient (Wildman–Crippen LogP) is 5.72. The van der Waals surface area contributed by atoms with Crippen molar-refractivity contribution < 1.29 is 23.7 Å². The van der Waals surface area contributed by atoms with Crippen LogP contribution in [0.25, 0.3) is 10.8 Å². The summed E-state index contributed by atoms with van der Waals surface area (Å²) in [5.74, 6) is 2.78. The fourth-order valence-electron chi connectivity index (χ4n) is 5.83. The van der Waals surface area contributed by atoms with E-state index in [4.69, 9.17) is 18.9 Å². The Morgan fingerprint density at radius 1 is 0.829 bits per heavy atom. The van der Waals surface area contributed by atoms with Gasteiger partial charge in [0, 0.05) is 12.6 Å². The number of aryl methyl sites for hydroxylation is 1. The lowest BCUT2D eigenvalue weighted by molar-refractivity contribution is -0.123. The van der Waals surface area contributed by atoms with E-state index < -0.39 is 0 Å². The summed E-state index contributed by atoms with van der Waals surface area (Å²) in [6, 6.07) is 24.6. The second-order valence-corrected chi connectivity index (χ2v) is 10.3. The third kappa shape index (κ3) is 6.25. The largest absolute Gasteiger partial charge is 0.493 e. The van der Waals surface area contributed by atoms with Crippen molar-refractivity contribution in [1.82, 2.24) is 10.2 Å². The normalized spacial score (nSPS) is 15.1. The number of hydrogen-bond acceptors (Lipinski definition) is 6. The number of nitrogens with zero attached hydrogens (tertiary/aromatic N) is 1. The maximum Gasteiger partial charge on any atom is 0.234 e. The number of carbonyl (C=O) groups is 1. The lowest BCUT2D eigenvalue weighted by atomic mass is 9.92. The van der Waals surface area contributed by atoms with Crippen LogP contribution in [0.3, 0.4) is 0 Å². The van der Waals surface area contributed by atoms with Crippen LogP contribution in [0.15, 0.2) is 72.8 Å². The van der Waals surface area contributed by atoms with Gasteiger partial charge in [0.05, 0.1) is 35.0 Å². The van der Waals surface area contributed by atoms with Crippen LogP contribution in [-0.4, -0.2) is 52.3 Å². The van der Waals surface area contributed by atoms with E-state index in [0.717, 1.165) is 47.2 Å². The molecule has 0 aromatic heterocycles. The molecule has 0 aliphatic carbocycles. The van der Waals surface area contributed by atoms with Gasteiger partial charge in [0.2, 0.25) is 5.91 Å². The zero-order chi connectivity index (χ0) is 28.8. The first-order chi connectivity index (χ1) is 20.0. The van der Waals surface area contributed by atoms with Crippen LogP contribution in [0.2, 0.25) is 0 Å². The maximum absolute atomic E-state index is 13.4. The van der Waals surface area contributed by atoms with Gasteiger partial charge in [-0.25, -0.2) is 0 Å². The highest BCUT2D eigenvalue weighted by Crippen LogP contribution is 2.39. The number of rotatable bonds is 10. The van der Waals surface area contributed by atoms with Crippen LogP contribution < -0.4 is 24.3 Å². The van der Waals surface area contributed by atoms with Crippen LogP contribution in [0, 0.1) is 0 Å². The van der Waals surface area contributed by atoms with E-state index in [0.29, 0.717) is 30.2 Å². The minimum atomic E-state index is -0.0475. The molecular formula is C34H38N2O5. The molecule has 7 heteroatoms. The van der Waals surface area contributed by atoms with E-state index >= 15 is 0 Å². The summed E-state index contributed by atoms with van der Waals surface area (Å²) in [5.41, 5.74) is 4.57. The van der Waals surface area contributed by atoms with Crippen molar-refractivity contribution in [3.05, 3.63) is 95.1 Å². The fraction of sp³-hybridized carbons (Fsp3) is 0.324. The molecule has 1 atom stereocenters. The summed E-state index contributed by atoms with van der Waals surface area (Å²) in [5, 5.41) is 5.51. The van der Waals surface area contributed by atoms with Gasteiger partial charge in [0.15, 0.2) is 23.0 Å². The van der Waals surface area contributed by atoms with E-state index in [9.17, 15) is 4.79 Å². The minimum absolute atomic E-state index is 0.000766. The molecule has 1 aliphatic rings. The van der Waals surface area contributed by atoms with Gasteiger partial charge in [0.25, 0.3) is 0 Å². The predicted molar refractivity (Wildman–Crippen MR) is 161 cm³/mol. The average Bonchev–Trinajstić information content (AvgIpc) is 3.17. The first kappa shape index (κ1) is 28.3. The first-order valence-corrected chi connectivity index (χ1v) is 14.0. The third-order valence-corrected chi connectivity index (χ3v) is 7.92. The minimum Gasteiger partial charge on any atom is -0.493 e. The van der Waals surface area contributed by atoms with E-state index in [-0.39, 0.29) is 18.5 Å². The lowest BCUT2D eigenvalue weighted by Crippen LogP contribution is -2.40. The number of carbonyl (C=O) groups excluding carboxylic acids is 1. The summed E-state index contributed by atoms with van der Waals surface area (Å²) in [4.78, 5) is 15.7. The topological polar surface area (TPSA) is 69.3 Å². The smallest absolute Gasteiger partial charge is 0.234 e. The summed E-state index contributed by atoms with van der Waals surface area (Å²) in [6.07, 6.45) is 2.52. The van der Waals surface area contributed by atoms with Crippen molar-refractivity contribution in [3.63, 3.8) is 0 Å². The number of methoxy groups -OCH3 is 4. The Bertz CT molecular complexity index is 1510. The molecule has 0 fully saturated rings. The lowest BCUT2D eigenvalue weighted by Gasteiger charge is -2.31. The highest BCUT2D eigenvalue weighted by atomic mass is 16.5. The molecule has 1 heterocycles. The standard InChI is InChI=1S/C34H38N2O5/c1-38-30-15-14-23(18-31(30)39-2)17-29-28-20-33(41-4)32(40-3)19-25(28)12-8-16-36(29)22-34(37)35-21-26-11-7-10-24-9-5-6-13-27(24)26/h5-7,9-11,13-15,18-20,29H,8,12,16-17,21-22H2,1-4H3,(H,35,37). The number of ether oxygens (including phenoxy) is 4. The molecule has 1 aliphatic heterocycles. The SMILES string of the molecule is COc1ccc(CC2c3cc(OC)c(OC)cc3CCCN2CC(=O)NCc2cccc3ccccc23)cc1OC. The Balaban J connectivity index is 1.43. The molecule has 1 N–H and O–H groups in total. The van der Waals surface area contributed by atoms with Gasteiger partial charge >= 0.3 is 0 Å². The summed E-state index contributed by atoms with van der Waals surface area (Å²) >= 11 is 0. The fourth-order valence-corrected chi connectivity index (χ4v) is 5.83. The van der Waals surface area contributed by atoms with E-state index in [1.54, 1.807) is 28.4 Å². The zero-order valence-electron chi connectivity index (χ0n) is 24.2. The summed E-state index contributed by atoms with van der Waals surface area (Å²) < 4.78 is 22.3. The molecule has 0 saturated heterocycles. The van der Waals surface area contributed by atoms with Crippen molar-refractivity contribution in [1.29, 1.82) is 0 Å². The van der Waals surface area contributed by atoms with Crippen LogP contribution in [0.4, 0.5) is 0 Å². The van der Waals surface area contributed by atoms with Gasteiger partial charge in [-0.3, -0.25) is 9.69 Å². The monoisotopic (exact) mass is 554 g/mol. The third-order valence-electron chi connectivity index (χ3n) is 7.92. The quantitative estimate of drug-likeness (QED) is 0.270.